The van der Waals surface area contributed by atoms with E-state index in [9.17, 15) is 0 Å². The molecule has 1 aliphatic heterocycles. The average molecular weight is 350 g/mol. The number of thioether (sulfide) groups is 1. The highest BCUT2D eigenvalue weighted by atomic mass is 35.5. The van der Waals surface area contributed by atoms with Crippen LogP contribution < -0.4 is 10.5 Å². The van der Waals surface area contributed by atoms with Gasteiger partial charge in [0.2, 0.25) is 0 Å². The third-order valence-electron chi connectivity index (χ3n) is 4.02. The van der Waals surface area contributed by atoms with Gasteiger partial charge in [0.25, 0.3) is 0 Å². The minimum absolute atomic E-state index is 0.148. The van der Waals surface area contributed by atoms with Gasteiger partial charge < -0.3 is 15.0 Å². The molecule has 0 amide bonds. The number of methoxy groups -OCH3 is 1. The highest BCUT2D eigenvalue weighted by molar-refractivity contribution is 8.05. The molecule has 0 aliphatic carbocycles. The Labute approximate surface area is 145 Å². The lowest BCUT2D eigenvalue weighted by Gasteiger charge is -2.16. The second-order valence-corrected chi connectivity index (χ2v) is 7.71. The maximum absolute atomic E-state index is 6.21. The first-order chi connectivity index (χ1) is 11.1. The van der Waals surface area contributed by atoms with Gasteiger partial charge in [0.05, 0.1) is 17.5 Å². The van der Waals surface area contributed by atoms with Crippen LogP contribution in [0.2, 0.25) is 0 Å². The van der Waals surface area contributed by atoms with Crippen molar-refractivity contribution < 1.29 is 4.74 Å². The van der Waals surface area contributed by atoms with Crippen molar-refractivity contribution >= 4 is 29.3 Å². The monoisotopic (exact) mass is 349 g/mol. The van der Waals surface area contributed by atoms with Crippen LogP contribution in [0.15, 0.2) is 41.4 Å². The summed E-state index contributed by atoms with van der Waals surface area (Å²) in [6.45, 7) is 0. The van der Waals surface area contributed by atoms with E-state index in [0.29, 0.717) is 5.95 Å². The quantitative estimate of drug-likeness (QED) is 0.825. The lowest BCUT2D eigenvalue weighted by Crippen LogP contribution is -2.03. The Hall–Kier alpha value is -1.59. The standard InChI is InChI=1S/C17H20ClN3OS/c1-21-10-15(20-17(21)19)14(9-13-7-8-16(18)23-13)11-3-5-12(22-2)6-4-11/h3-7,10,14,16H,8-9H2,1-2H3,(H2,19,20). The number of anilines is 1. The van der Waals surface area contributed by atoms with Crippen LogP contribution in [0.1, 0.15) is 30.0 Å². The van der Waals surface area contributed by atoms with E-state index in [4.69, 9.17) is 22.1 Å². The summed E-state index contributed by atoms with van der Waals surface area (Å²) in [6, 6.07) is 8.14. The van der Waals surface area contributed by atoms with E-state index in [0.717, 1.165) is 24.3 Å². The summed E-state index contributed by atoms with van der Waals surface area (Å²) in [5, 5.41) is 0. The van der Waals surface area contributed by atoms with Crippen LogP contribution >= 0.6 is 23.4 Å². The van der Waals surface area contributed by atoms with Gasteiger partial charge in [-0.25, -0.2) is 4.98 Å². The molecule has 6 heteroatoms. The molecular formula is C17H20ClN3OS. The zero-order valence-corrected chi connectivity index (χ0v) is 14.8. The SMILES string of the molecule is COc1ccc(C(CC2=CCC(Cl)S2)c2cn(C)c(N)n2)cc1. The summed E-state index contributed by atoms with van der Waals surface area (Å²) in [6.07, 6.45) is 6.03. The van der Waals surface area contributed by atoms with Gasteiger partial charge >= 0.3 is 0 Å². The van der Waals surface area contributed by atoms with Crippen molar-refractivity contribution in [3.05, 3.63) is 52.7 Å². The van der Waals surface area contributed by atoms with Gasteiger partial charge in [-0.2, -0.15) is 0 Å². The van der Waals surface area contributed by atoms with Crippen LogP contribution in [0.5, 0.6) is 5.75 Å². The number of ether oxygens (including phenoxy) is 1. The Morgan fingerprint density at radius 2 is 2.17 bits per heavy atom. The second-order valence-electron chi connectivity index (χ2n) is 5.60. The van der Waals surface area contributed by atoms with Crippen molar-refractivity contribution in [3.8, 4) is 5.75 Å². The molecule has 1 aliphatic rings. The third kappa shape index (κ3) is 3.67. The van der Waals surface area contributed by atoms with Gasteiger partial charge in [0.15, 0.2) is 5.95 Å². The molecule has 2 aromatic rings. The molecular weight excluding hydrogens is 330 g/mol. The number of alkyl halides is 1. The fourth-order valence-electron chi connectivity index (χ4n) is 2.72. The van der Waals surface area contributed by atoms with Crippen LogP contribution in [0.4, 0.5) is 5.95 Å². The predicted molar refractivity (Wildman–Crippen MR) is 97.0 cm³/mol. The summed E-state index contributed by atoms with van der Waals surface area (Å²) in [5.41, 5.74) is 8.10. The summed E-state index contributed by atoms with van der Waals surface area (Å²) < 4.78 is 7.25. The molecule has 3 rings (SSSR count). The Kier molecular flexibility index (Phi) is 4.87. The maximum Gasteiger partial charge on any atom is 0.200 e. The van der Waals surface area contributed by atoms with Crippen molar-refractivity contribution in [2.45, 2.75) is 23.5 Å². The minimum atomic E-state index is 0.148. The zero-order chi connectivity index (χ0) is 16.4. The number of benzene rings is 1. The van der Waals surface area contributed by atoms with Crippen LogP contribution in [0.25, 0.3) is 0 Å². The Morgan fingerprint density at radius 1 is 1.43 bits per heavy atom. The van der Waals surface area contributed by atoms with Crippen LogP contribution in [-0.4, -0.2) is 21.4 Å². The van der Waals surface area contributed by atoms with Gasteiger partial charge in [-0.05, 0) is 35.4 Å². The van der Waals surface area contributed by atoms with Crippen molar-refractivity contribution in [1.29, 1.82) is 0 Å². The van der Waals surface area contributed by atoms with Gasteiger partial charge in [-0.3, -0.25) is 0 Å². The molecule has 0 saturated heterocycles. The number of aromatic nitrogens is 2. The maximum atomic E-state index is 6.21. The van der Waals surface area contributed by atoms with Gasteiger partial charge in [0, 0.05) is 19.2 Å². The second kappa shape index (κ2) is 6.89. The topological polar surface area (TPSA) is 53.1 Å². The molecule has 0 bridgehead atoms. The number of nitrogens with two attached hydrogens (primary N) is 1. The molecule has 1 aromatic carbocycles. The highest BCUT2D eigenvalue weighted by Gasteiger charge is 2.23. The average Bonchev–Trinajstić information content (AvgIpc) is 3.11. The molecule has 0 fully saturated rings. The van der Waals surface area contributed by atoms with Crippen LogP contribution in [0, 0.1) is 0 Å². The summed E-state index contributed by atoms with van der Waals surface area (Å²) in [7, 11) is 3.59. The van der Waals surface area contributed by atoms with E-state index >= 15 is 0 Å². The number of nitrogens with zero attached hydrogens (tertiary/aromatic N) is 2. The Morgan fingerprint density at radius 3 is 2.70 bits per heavy atom. The molecule has 4 nitrogen and oxygen atoms in total. The van der Waals surface area contributed by atoms with Crippen molar-refractivity contribution in [2.75, 3.05) is 12.8 Å². The summed E-state index contributed by atoms with van der Waals surface area (Å²) in [5.74, 6) is 1.54. The smallest absolute Gasteiger partial charge is 0.200 e. The molecule has 2 atom stereocenters. The van der Waals surface area contributed by atoms with Crippen molar-refractivity contribution in [3.63, 3.8) is 0 Å². The molecule has 0 radical (unpaired) electrons. The fourth-order valence-corrected chi connectivity index (χ4v) is 4.13. The van der Waals surface area contributed by atoms with Crippen molar-refractivity contribution in [2.24, 2.45) is 7.05 Å². The van der Waals surface area contributed by atoms with Crippen molar-refractivity contribution in [1.82, 2.24) is 9.55 Å². The Balaban J connectivity index is 1.91. The van der Waals surface area contributed by atoms with E-state index in [1.54, 1.807) is 18.9 Å². The number of allylic oxidation sites excluding steroid dienone is 2. The minimum Gasteiger partial charge on any atom is -0.497 e. The number of hydrogen-bond donors (Lipinski definition) is 1. The van der Waals surface area contributed by atoms with E-state index < -0.39 is 0 Å². The number of rotatable bonds is 5. The first-order valence-corrected chi connectivity index (χ1v) is 8.81. The molecule has 122 valence electrons. The number of hydrogen-bond acceptors (Lipinski definition) is 4. The molecule has 2 heterocycles. The first-order valence-electron chi connectivity index (χ1n) is 7.49. The third-order valence-corrected chi connectivity index (χ3v) is 5.55. The molecule has 0 saturated carbocycles. The lowest BCUT2D eigenvalue weighted by molar-refractivity contribution is 0.414. The van der Waals surface area contributed by atoms with E-state index in [-0.39, 0.29) is 10.6 Å². The molecule has 2 N–H and O–H groups in total. The number of halogens is 1. The zero-order valence-electron chi connectivity index (χ0n) is 13.2. The number of aryl methyl sites for hydroxylation is 1. The van der Waals surface area contributed by atoms with Crippen LogP contribution in [0.3, 0.4) is 0 Å². The lowest BCUT2D eigenvalue weighted by atomic mass is 9.92. The summed E-state index contributed by atoms with van der Waals surface area (Å²) >= 11 is 7.94. The largest absolute Gasteiger partial charge is 0.497 e. The Bertz CT molecular complexity index is 692. The van der Waals surface area contributed by atoms with Gasteiger partial charge in [-0.15, -0.1) is 23.4 Å². The molecule has 1 aromatic heterocycles. The highest BCUT2D eigenvalue weighted by Crippen LogP contribution is 2.42. The van der Waals surface area contributed by atoms with E-state index in [1.807, 2.05) is 29.9 Å². The first kappa shape index (κ1) is 16.3. The normalized spacial score (nSPS) is 18.7. The summed E-state index contributed by atoms with van der Waals surface area (Å²) in [4.78, 5) is 5.85. The number of nitrogen functional groups attached to an aromatic ring is 1. The molecule has 2 unspecified atom stereocenters. The predicted octanol–water partition coefficient (Wildman–Crippen LogP) is 4.12. The van der Waals surface area contributed by atoms with Gasteiger partial charge in [0.1, 0.15) is 5.75 Å². The van der Waals surface area contributed by atoms with Crippen LogP contribution in [-0.2, 0) is 7.05 Å². The van der Waals surface area contributed by atoms with Gasteiger partial charge in [-0.1, -0.05) is 18.2 Å². The number of imidazole rings is 1. The van der Waals surface area contributed by atoms with E-state index in [2.05, 4.69) is 23.2 Å². The molecule has 23 heavy (non-hydrogen) atoms. The molecule has 0 spiro atoms. The fraction of sp³-hybridized carbons (Fsp3) is 0.353. The van der Waals surface area contributed by atoms with E-state index in [1.165, 1.54) is 10.5 Å².